The van der Waals surface area contributed by atoms with Gasteiger partial charge in [-0.3, -0.25) is 9.59 Å². The van der Waals surface area contributed by atoms with E-state index in [0.29, 0.717) is 23.7 Å². The van der Waals surface area contributed by atoms with Gasteiger partial charge in [-0.05, 0) is 30.3 Å². The summed E-state index contributed by atoms with van der Waals surface area (Å²) in [5.41, 5.74) is 1.33. The van der Waals surface area contributed by atoms with Crippen LogP contribution in [0.3, 0.4) is 0 Å². The van der Waals surface area contributed by atoms with E-state index in [0.717, 1.165) is 10.2 Å². The highest BCUT2D eigenvalue weighted by atomic mass is 79.9. The quantitative estimate of drug-likeness (QED) is 0.806. The van der Waals surface area contributed by atoms with Crippen molar-refractivity contribution >= 4 is 39.1 Å². The summed E-state index contributed by atoms with van der Waals surface area (Å²) in [4.78, 5) is 26.6. The van der Waals surface area contributed by atoms with Crippen molar-refractivity contribution in [2.45, 2.75) is 6.42 Å². The number of hydrogen-bond acceptors (Lipinski definition) is 4. The maximum atomic E-state index is 12.6. The van der Waals surface area contributed by atoms with Gasteiger partial charge in [0.05, 0.1) is 25.8 Å². The smallest absolute Gasteiger partial charge is 0.229 e. The van der Waals surface area contributed by atoms with Crippen LogP contribution >= 0.6 is 15.9 Å². The van der Waals surface area contributed by atoms with Gasteiger partial charge in [0.15, 0.2) is 0 Å². The van der Waals surface area contributed by atoms with E-state index in [9.17, 15) is 9.59 Å². The van der Waals surface area contributed by atoms with Gasteiger partial charge in [0, 0.05) is 29.2 Å². The molecule has 7 heteroatoms. The van der Waals surface area contributed by atoms with Crippen LogP contribution in [-0.4, -0.2) is 32.6 Å². The molecule has 1 atom stereocenters. The minimum absolute atomic E-state index is 0.0649. The first kappa shape index (κ1) is 18.3. The predicted molar refractivity (Wildman–Crippen MR) is 103 cm³/mol. The third-order valence-electron chi connectivity index (χ3n) is 4.28. The molecule has 1 N–H and O–H groups in total. The van der Waals surface area contributed by atoms with Gasteiger partial charge in [-0.1, -0.05) is 22.0 Å². The van der Waals surface area contributed by atoms with Crippen LogP contribution in [-0.2, 0) is 9.59 Å². The molecule has 1 heterocycles. The zero-order valence-corrected chi connectivity index (χ0v) is 16.1. The van der Waals surface area contributed by atoms with Crippen molar-refractivity contribution in [3.8, 4) is 11.5 Å². The summed E-state index contributed by atoms with van der Waals surface area (Å²) in [6, 6.07) is 12.6. The van der Waals surface area contributed by atoms with Gasteiger partial charge in [-0.15, -0.1) is 0 Å². The first-order valence-corrected chi connectivity index (χ1v) is 8.90. The molecule has 2 aromatic rings. The highest BCUT2D eigenvalue weighted by Crippen LogP contribution is 2.31. The molecular formula is C19H19BrN2O4. The van der Waals surface area contributed by atoms with Gasteiger partial charge in [0.1, 0.15) is 11.5 Å². The Bertz CT molecular complexity index is 840. The van der Waals surface area contributed by atoms with Crippen LogP contribution in [0.4, 0.5) is 11.4 Å². The molecule has 6 nitrogen and oxygen atoms in total. The molecule has 2 amide bonds. The molecule has 26 heavy (non-hydrogen) atoms. The first-order chi connectivity index (χ1) is 12.5. The zero-order chi connectivity index (χ0) is 18.7. The average molecular weight is 419 g/mol. The molecule has 1 unspecified atom stereocenters. The molecule has 3 rings (SSSR count). The second kappa shape index (κ2) is 7.78. The number of methoxy groups -OCH3 is 2. The number of hydrogen-bond donors (Lipinski definition) is 1. The molecule has 2 aromatic carbocycles. The van der Waals surface area contributed by atoms with Crippen molar-refractivity contribution in [3.63, 3.8) is 0 Å². The van der Waals surface area contributed by atoms with E-state index in [-0.39, 0.29) is 18.2 Å². The van der Waals surface area contributed by atoms with Crippen molar-refractivity contribution in [1.29, 1.82) is 0 Å². The molecule has 0 spiro atoms. The summed E-state index contributed by atoms with van der Waals surface area (Å²) in [6.07, 6.45) is 0.177. The Hall–Kier alpha value is -2.54. The molecule has 0 saturated carbocycles. The Kier molecular flexibility index (Phi) is 5.46. The molecule has 0 aliphatic carbocycles. The third kappa shape index (κ3) is 3.83. The van der Waals surface area contributed by atoms with Crippen LogP contribution < -0.4 is 19.7 Å². The number of halogens is 1. The van der Waals surface area contributed by atoms with E-state index in [4.69, 9.17) is 9.47 Å². The average Bonchev–Trinajstić information content (AvgIpc) is 3.04. The van der Waals surface area contributed by atoms with Crippen molar-refractivity contribution in [2.24, 2.45) is 5.92 Å². The number of nitrogens with one attached hydrogen (secondary N) is 1. The van der Waals surface area contributed by atoms with Gasteiger partial charge in [-0.25, -0.2) is 0 Å². The lowest BCUT2D eigenvalue weighted by molar-refractivity contribution is -0.122. The van der Waals surface area contributed by atoms with Crippen LogP contribution in [0.15, 0.2) is 46.9 Å². The minimum atomic E-state index is -0.423. The first-order valence-electron chi connectivity index (χ1n) is 8.10. The van der Waals surface area contributed by atoms with Crippen LogP contribution in [0.25, 0.3) is 0 Å². The van der Waals surface area contributed by atoms with Gasteiger partial charge < -0.3 is 19.7 Å². The second-order valence-electron chi connectivity index (χ2n) is 5.94. The van der Waals surface area contributed by atoms with Gasteiger partial charge in [0.2, 0.25) is 11.8 Å². The fourth-order valence-electron chi connectivity index (χ4n) is 2.91. The molecule has 1 aliphatic rings. The number of rotatable bonds is 5. The second-order valence-corrected chi connectivity index (χ2v) is 6.86. The molecule has 1 fully saturated rings. The Balaban J connectivity index is 1.72. The van der Waals surface area contributed by atoms with Gasteiger partial charge in [-0.2, -0.15) is 0 Å². The summed E-state index contributed by atoms with van der Waals surface area (Å²) in [6.45, 7) is 0.347. The van der Waals surface area contributed by atoms with E-state index in [2.05, 4.69) is 21.2 Å². The summed E-state index contributed by atoms with van der Waals surface area (Å²) >= 11 is 3.40. The molecular weight excluding hydrogens is 400 g/mol. The molecule has 1 saturated heterocycles. The summed E-state index contributed by atoms with van der Waals surface area (Å²) in [7, 11) is 3.09. The highest BCUT2D eigenvalue weighted by molar-refractivity contribution is 9.10. The Morgan fingerprint density at radius 2 is 2.00 bits per heavy atom. The number of carbonyl (C=O) groups excluding carboxylic acids is 2. The third-order valence-corrected chi connectivity index (χ3v) is 4.78. The number of ether oxygens (including phenoxy) is 2. The van der Waals surface area contributed by atoms with Crippen molar-refractivity contribution in [2.75, 3.05) is 31.0 Å². The number of carbonyl (C=O) groups is 2. The fraction of sp³-hybridized carbons (Fsp3) is 0.263. The van der Waals surface area contributed by atoms with Crippen LogP contribution in [0.1, 0.15) is 6.42 Å². The molecule has 0 bridgehead atoms. The standard InChI is InChI=1S/C19H19BrN2O4/c1-25-15-6-7-16(17(10-15)26-2)21-19(24)12-8-18(23)22(11-12)14-5-3-4-13(20)9-14/h3-7,9-10,12H,8,11H2,1-2H3,(H,21,24). The maximum Gasteiger partial charge on any atom is 0.229 e. The Morgan fingerprint density at radius 1 is 1.19 bits per heavy atom. The molecule has 0 radical (unpaired) electrons. The topological polar surface area (TPSA) is 67.9 Å². The minimum Gasteiger partial charge on any atom is -0.497 e. The van der Waals surface area contributed by atoms with Crippen LogP contribution in [0.5, 0.6) is 11.5 Å². The Labute approximate surface area is 160 Å². The van der Waals surface area contributed by atoms with E-state index in [1.54, 1.807) is 30.2 Å². The van der Waals surface area contributed by atoms with E-state index in [1.807, 2.05) is 24.3 Å². The zero-order valence-electron chi connectivity index (χ0n) is 14.5. The van der Waals surface area contributed by atoms with Crippen molar-refractivity contribution < 1.29 is 19.1 Å². The van der Waals surface area contributed by atoms with E-state index in [1.165, 1.54) is 7.11 Å². The normalized spacial score (nSPS) is 16.5. The number of nitrogens with zero attached hydrogens (tertiary/aromatic N) is 1. The lowest BCUT2D eigenvalue weighted by Crippen LogP contribution is -2.28. The maximum absolute atomic E-state index is 12.6. The van der Waals surface area contributed by atoms with Crippen LogP contribution in [0.2, 0.25) is 0 Å². The van der Waals surface area contributed by atoms with Gasteiger partial charge in [0.25, 0.3) is 0 Å². The fourth-order valence-corrected chi connectivity index (χ4v) is 3.30. The lowest BCUT2D eigenvalue weighted by atomic mass is 10.1. The van der Waals surface area contributed by atoms with E-state index < -0.39 is 5.92 Å². The highest BCUT2D eigenvalue weighted by Gasteiger charge is 2.35. The van der Waals surface area contributed by atoms with Crippen molar-refractivity contribution in [3.05, 3.63) is 46.9 Å². The Morgan fingerprint density at radius 3 is 2.69 bits per heavy atom. The molecule has 136 valence electrons. The number of anilines is 2. The molecule has 0 aromatic heterocycles. The predicted octanol–water partition coefficient (Wildman–Crippen LogP) is 3.46. The van der Waals surface area contributed by atoms with Crippen LogP contribution in [0, 0.1) is 5.92 Å². The number of amides is 2. The monoisotopic (exact) mass is 418 g/mol. The summed E-state index contributed by atoms with van der Waals surface area (Å²) < 4.78 is 11.3. The molecule has 1 aliphatic heterocycles. The van der Waals surface area contributed by atoms with Crippen molar-refractivity contribution in [1.82, 2.24) is 0 Å². The summed E-state index contributed by atoms with van der Waals surface area (Å²) in [5, 5.41) is 2.85. The van der Waals surface area contributed by atoms with E-state index >= 15 is 0 Å². The van der Waals surface area contributed by atoms with Gasteiger partial charge >= 0.3 is 0 Å². The largest absolute Gasteiger partial charge is 0.497 e. The SMILES string of the molecule is COc1ccc(NC(=O)C2CC(=O)N(c3cccc(Br)c3)C2)c(OC)c1. The summed E-state index contributed by atoms with van der Waals surface area (Å²) in [5.74, 6) is 0.445. The number of benzene rings is 2. The lowest BCUT2D eigenvalue weighted by Gasteiger charge is -2.17.